The molecule has 0 radical (unpaired) electrons. The molecule has 0 spiro atoms. The third kappa shape index (κ3) is 3.95. The van der Waals surface area contributed by atoms with E-state index in [2.05, 4.69) is 15.5 Å². The Bertz CT molecular complexity index is 706. The summed E-state index contributed by atoms with van der Waals surface area (Å²) in [5.41, 5.74) is 0.197. The van der Waals surface area contributed by atoms with Crippen molar-refractivity contribution in [2.45, 2.75) is 18.6 Å². The molecule has 0 aliphatic rings. The van der Waals surface area contributed by atoms with Gasteiger partial charge in [-0.15, -0.1) is 10.2 Å². The maximum Gasteiger partial charge on any atom is 0.271 e. The number of rotatable bonds is 6. The van der Waals surface area contributed by atoms with Gasteiger partial charge in [0.25, 0.3) is 5.69 Å². The normalized spacial score (nSPS) is 10.5. The maximum absolute atomic E-state index is 11.9. The highest BCUT2D eigenvalue weighted by atomic mass is 35.5. The Morgan fingerprint density at radius 3 is 2.95 bits per heavy atom. The minimum atomic E-state index is -0.551. The number of nitrogens with one attached hydrogen (secondary N) is 1. The van der Waals surface area contributed by atoms with Crippen molar-refractivity contribution in [3.63, 3.8) is 0 Å². The summed E-state index contributed by atoms with van der Waals surface area (Å²) in [5, 5.41) is 21.7. The van der Waals surface area contributed by atoms with Gasteiger partial charge in [0.05, 0.1) is 21.4 Å². The van der Waals surface area contributed by atoms with Crippen LogP contribution in [0.3, 0.4) is 0 Å². The summed E-state index contributed by atoms with van der Waals surface area (Å²) in [4.78, 5) is 22.0. The van der Waals surface area contributed by atoms with Gasteiger partial charge in [-0.05, 0) is 13.0 Å². The van der Waals surface area contributed by atoms with Crippen LogP contribution in [0.1, 0.15) is 6.92 Å². The van der Waals surface area contributed by atoms with E-state index >= 15 is 0 Å². The third-order valence-electron chi connectivity index (χ3n) is 2.69. The van der Waals surface area contributed by atoms with Crippen LogP contribution < -0.4 is 5.32 Å². The van der Waals surface area contributed by atoms with Crippen molar-refractivity contribution < 1.29 is 9.72 Å². The number of aryl methyl sites for hydroxylation is 1. The summed E-state index contributed by atoms with van der Waals surface area (Å²) in [6.45, 7) is 2.66. The zero-order valence-corrected chi connectivity index (χ0v) is 13.1. The Labute approximate surface area is 135 Å². The van der Waals surface area contributed by atoms with Gasteiger partial charge < -0.3 is 9.88 Å². The number of nitro benzene ring substituents is 1. The molecule has 1 aromatic carbocycles. The molecule has 0 fully saturated rings. The number of amides is 1. The van der Waals surface area contributed by atoms with E-state index in [1.165, 1.54) is 30.0 Å². The molecule has 1 aromatic heterocycles. The molecule has 0 aliphatic carbocycles. The summed E-state index contributed by atoms with van der Waals surface area (Å²) in [5.74, 6) is -0.155. The summed E-state index contributed by atoms with van der Waals surface area (Å²) < 4.78 is 1.82. The maximum atomic E-state index is 11.9. The number of halogens is 1. The molecule has 2 rings (SSSR count). The van der Waals surface area contributed by atoms with Gasteiger partial charge in [-0.3, -0.25) is 14.9 Å². The van der Waals surface area contributed by atoms with Gasteiger partial charge in [0, 0.05) is 18.7 Å². The van der Waals surface area contributed by atoms with Crippen LogP contribution >= 0.6 is 23.4 Å². The van der Waals surface area contributed by atoms with Crippen LogP contribution in [0.4, 0.5) is 11.4 Å². The van der Waals surface area contributed by atoms with Crippen LogP contribution in [0.2, 0.25) is 5.02 Å². The van der Waals surface area contributed by atoms with Crippen molar-refractivity contribution in [3.05, 3.63) is 39.7 Å². The summed E-state index contributed by atoms with van der Waals surface area (Å²) >= 11 is 7.16. The van der Waals surface area contributed by atoms with E-state index in [0.29, 0.717) is 17.4 Å². The molecule has 0 saturated heterocycles. The predicted molar refractivity (Wildman–Crippen MR) is 83.2 cm³/mol. The second-order valence-electron chi connectivity index (χ2n) is 4.16. The van der Waals surface area contributed by atoms with E-state index in [1.807, 2.05) is 11.5 Å². The van der Waals surface area contributed by atoms with Crippen LogP contribution in [0, 0.1) is 10.1 Å². The summed E-state index contributed by atoms with van der Waals surface area (Å²) in [7, 11) is 0. The SMILES string of the molecule is CCn1cnnc1SCC(=O)Nc1ccc([N+](=O)[O-])cc1Cl. The first-order valence-corrected chi connectivity index (χ1v) is 7.62. The van der Waals surface area contributed by atoms with Gasteiger partial charge in [-0.2, -0.15) is 0 Å². The zero-order valence-electron chi connectivity index (χ0n) is 11.5. The Morgan fingerprint density at radius 2 is 2.32 bits per heavy atom. The fraction of sp³-hybridized carbons (Fsp3) is 0.250. The first kappa shape index (κ1) is 16.2. The second-order valence-corrected chi connectivity index (χ2v) is 5.51. The van der Waals surface area contributed by atoms with Crippen molar-refractivity contribution in [2.75, 3.05) is 11.1 Å². The van der Waals surface area contributed by atoms with E-state index in [9.17, 15) is 14.9 Å². The highest BCUT2D eigenvalue weighted by Gasteiger charge is 2.13. The van der Waals surface area contributed by atoms with Crippen LogP contribution in [0.15, 0.2) is 29.7 Å². The number of benzene rings is 1. The number of anilines is 1. The van der Waals surface area contributed by atoms with Gasteiger partial charge in [0.15, 0.2) is 5.16 Å². The predicted octanol–water partition coefficient (Wildman–Crippen LogP) is 2.59. The van der Waals surface area contributed by atoms with Crippen molar-refractivity contribution in [1.82, 2.24) is 14.8 Å². The Kier molecular flexibility index (Phi) is 5.34. The van der Waals surface area contributed by atoms with Crippen molar-refractivity contribution in [1.29, 1.82) is 0 Å². The number of nitro groups is 1. The number of hydrogen-bond donors (Lipinski definition) is 1. The molecule has 116 valence electrons. The first-order chi connectivity index (χ1) is 10.5. The van der Waals surface area contributed by atoms with Crippen molar-refractivity contribution >= 4 is 40.6 Å². The average Bonchev–Trinajstić information content (AvgIpc) is 2.94. The number of nitrogens with zero attached hydrogens (tertiary/aromatic N) is 4. The first-order valence-electron chi connectivity index (χ1n) is 6.25. The topological polar surface area (TPSA) is 103 Å². The minimum Gasteiger partial charge on any atom is -0.324 e. The van der Waals surface area contributed by atoms with E-state index in [0.717, 1.165) is 0 Å². The molecule has 1 N–H and O–H groups in total. The lowest BCUT2D eigenvalue weighted by Gasteiger charge is -2.07. The lowest BCUT2D eigenvalue weighted by Crippen LogP contribution is -2.15. The highest BCUT2D eigenvalue weighted by Crippen LogP contribution is 2.27. The van der Waals surface area contributed by atoms with E-state index in [4.69, 9.17) is 11.6 Å². The molecule has 8 nitrogen and oxygen atoms in total. The zero-order chi connectivity index (χ0) is 16.1. The molecule has 2 aromatic rings. The fourth-order valence-corrected chi connectivity index (χ4v) is 2.61. The number of aromatic nitrogens is 3. The van der Waals surface area contributed by atoms with E-state index in [1.54, 1.807) is 6.33 Å². The molecular formula is C12H12ClN5O3S. The van der Waals surface area contributed by atoms with Gasteiger partial charge in [-0.25, -0.2) is 0 Å². The number of carbonyl (C=O) groups is 1. The van der Waals surface area contributed by atoms with Crippen LogP contribution in [0.5, 0.6) is 0 Å². The van der Waals surface area contributed by atoms with Crippen LogP contribution in [0.25, 0.3) is 0 Å². The van der Waals surface area contributed by atoms with E-state index < -0.39 is 4.92 Å². The fourth-order valence-electron chi connectivity index (χ4n) is 1.61. The number of non-ortho nitro benzene ring substituents is 1. The molecule has 0 aliphatic heterocycles. The summed E-state index contributed by atoms with van der Waals surface area (Å²) in [6.07, 6.45) is 1.59. The van der Waals surface area contributed by atoms with Gasteiger partial charge in [-0.1, -0.05) is 23.4 Å². The van der Waals surface area contributed by atoms with Gasteiger partial charge in [0.2, 0.25) is 5.91 Å². The lowest BCUT2D eigenvalue weighted by atomic mass is 10.3. The molecule has 10 heteroatoms. The number of carbonyl (C=O) groups excluding carboxylic acids is 1. The number of hydrogen-bond acceptors (Lipinski definition) is 6. The van der Waals surface area contributed by atoms with Crippen molar-refractivity contribution in [2.24, 2.45) is 0 Å². The van der Waals surface area contributed by atoms with Crippen molar-refractivity contribution in [3.8, 4) is 0 Å². The molecular weight excluding hydrogens is 330 g/mol. The average molecular weight is 342 g/mol. The molecule has 0 bridgehead atoms. The summed E-state index contributed by atoms with van der Waals surface area (Å²) in [6, 6.07) is 3.87. The smallest absolute Gasteiger partial charge is 0.271 e. The van der Waals surface area contributed by atoms with E-state index in [-0.39, 0.29) is 22.4 Å². The molecule has 0 unspecified atom stereocenters. The lowest BCUT2D eigenvalue weighted by molar-refractivity contribution is -0.384. The van der Waals surface area contributed by atoms with Gasteiger partial charge in [0.1, 0.15) is 6.33 Å². The third-order valence-corrected chi connectivity index (χ3v) is 3.98. The van der Waals surface area contributed by atoms with Crippen LogP contribution in [-0.4, -0.2) is 31.3 Å². The minimum absolute atomic E-state index is 0.115. The molecule has 0 atom stereocenters. The Morgan fingerprint density at radius 1 is 1.55 bits per heavy atom. The highest BCUT2D eigenvalue weighted by molar-refractivity contribution is 7.99. The Hall–Kier alpha value is -2.13. The molecule has 0 saturated carbocycles. The van der Waals surface area contributed by atoms with Gasteiger partial charge >= 0.3 is 0 Å². The Balaban J connectivity index is 1.96. The monoisotopic (exact) mass is 341 g/mol. The standard InChI is InChI=1S/C12H12ClN5O3S/c1-2-17-7-14-16-12(17)22-6-11(19)15-10-4-3-8(18(20)21)5-9(10)13/h3-5,7H,2,6H2,1H3,(H,15,19). The van der Waals surface area contributed by atoms with Crippen LogP contribution in [-0.2, 0) is 11.3 Å². The molecule has 22 heavy (non-hydrogen) atoms. The quantitative estimate of drug-likeness (QED) is 0.492. The molecule has 1 heterocycles. The number of thioether (sulfide) groups is 1. The second kappa shape index (κ2) is 7.23. The largest absolute Gasteiger partial charge is 0.324 e. The molecule has 1 amide bonds.